The molecule has 110 valence electrons. The average Bonchev–Trinajstić information content (AvgIpc) is 2.45. The molecule has 0 aliphatic rings. The van der Waals surface area contributed by atoms with Crippen molar-refractivity contribution in [3.63, 3.8) is 0 Å². The molecule has 2 aromatic rings. The number of ether oxygens (including phenoxy) is 1. The van der Waals surface area contributed by atoms with Gasteiger partial charge in [0.2, 0.25) is 0 Å². The van der Waals surface area contributed by atoms with Crippen LogP contribution in [-0.2, 0) is 4.74 Å². The standard InChI is InChI=1S/C16H19N3O2/c1-10-9-15(19-12(3)17-10)18-11(2)13-5-7-14(8-6-13)16(20)21-4/h5-9,11H,1-4H3,(H,17,18,19)/t11-/m0/s1. The van der Waals surface area contributed by atoms with Gasteiger partial charge >= 0.3 is 5.97 Å². The molecule has 0 saturated carbocycles. The van der Waals surface area contributed by atoms with E-state index in [0.717, 1.165) is 22.9 Å². The van der Waals surface area contributed by atoms with Crippen LogP contribution in [0.2, 0.25) is 0 Å². The van der Waals surface area contributed by atoms with E-state index >= 15 is 0 Å². The number of nitrogens with zero attached hydrogens (tertiary/aromatic N) is 2. The van der Waals surface area contributed by atoms with Crippen LogP contribution in [0.3, 0.4) is 0 Å². The second kappa shape index (κ2) is 6.35. The summed E-state index contributed by atoms with van der Waals surface area (Å²) >= 11 is 0. The third-order valence-electron chi connectivity index (χ3n) is 3.16. The number of esters is 1. The zero-order chi connectivity index (χ0) is 15.4. The molecular weight excluding hydrogens is 266 g/mol. The minimum atomic E-state index is -0.329. The van der Waals surface area contributed by atoms with Crippen LogP contribution in [-0.4, -0.2) is 23.0 Å². The Morgan fingerprint density at radius 3 is 2.43 bits per heavy atom. The van der Waals surface area contributed by atoms with E-state index in [1.54, 1.807) is 12.1 Å². The maximum Gasteiger partial charge on any atom is 0.337 e. The van der Waals surface area contributed by atoms with Crippen molar-refractivity contribution in [2.75, 3.05) is 12.4 Å². The SMILES string of the molecule is COC(=O)c1ccc([C@H](C)Nc2cc(C)nc(C)n2)cc1. The van der Waals surface area contributed by atoms with Gasteiger partial charge in [0.1, 0.15) is 11.6 Å². The molecule has 0 fully saturated rings. The molecule has 1 aromatic heterocycles. The lowest BCUT2D eigenvalue weighted by Gasteiger charge is -2.16. The monoisotopic (exact) mass is 285 g/mol. The number of benzene rings is 1. The van der Waals surface area contributed by atoms with Crippen molar-refractivity contribution in [2.24, 2.45) is 0 Å². The van der Waals surface area contributed by atoms with Gasteiger partial charge in [-0.2, -0.15) is 0 Å². The molecule has 5 heteroatoms. The van der Waals surface area contributed by atoms with Crippen LogP contribution >= 0.6 is 0 Å². The van der Waals surface area contributed by atoms with Crippen molar-refractivity contribution in [3.05, 3.63) is 53.0 Å². The minimum Gasteiger partial charge on any atom is -0.465 e. The number of aromatic nitrogens is 2. The van der Waals surface area contributed by atoms with Gasteiger partial charge < -0.3 is 10.1 Å². The number of nitrogens with one attached hydrogen (secondary N) is 1. The molecule has 1 atom stereocenters. The van der Waals surface area contributed by atoms with Crippen molar-refractivity contribution in [1.82, 2.24) is 9.97 Å². The van der Waals surface area contributed by atoms with Gasteiger partial charge in [-0.3, -0.25) is 0 Å². The first-order valence-corrected chi connectivity index (χ1v) is 6.76. The fourth-order valence-electron chi connectivity index (χ4n) is 2.12. The topological polar surface area (TPSA) is 64.1 Å². The molecule has 0 amide bonds. The molecule has 0 aliphatic carbocycles. The number of rotatable bonds is 4. The largest absolute Gasteiger partial charge is 0.465 e. The van der Waals surface area contributed by atoms with Crippen molar-refractivity contribution < 1.29 is 9.53 Å². The first-order chi connectivity index (χ1) is 9.99. The van der Waals surface area contributed by atoms with Gasteiger partial charge in [0.05, 0.1) is 12.7 Å². The Morgan fingerprint density at radius 1 is 1.19 bits per heavy atom. The maximum atomic E-state index is 11.4. The van der Waals surface area contributed by atoms with E-state index in [1.165, 1.54) is 7.11 Å². The summed E-state index contributed by atoms with van der Waals surface area (Å²) in [5.74, 6) is 1.21. The molecule has 2 rings (SSSR count). The molecular formula is C16H19N3O2. The predicted molar refractivity (Wildman–Crippen MR) is 81.3 cm³/mol. The van der Waals surface area contributed by atoms with Gasteiger partial charge in [0, 0.05) is 17.8 Å². The molecule has 0 radical (unpaired) electrons. The van der Waals surface area contributed by atoms with E-state index in [2.05, 4.69) is 20.0 Å². The zero-order valence-electron chi connectivity index (χ0n) is 12.7. The summed E-state index contributed by atoms with van der Waals surface area (Å²) in [6.07, 6.45) is 0. The lowest BCUT2D eigenvalue weighted by Crippen LogP contribution is -2.10. The second-order valence-electron chi connectivity index (χ2n) is 4.92. The number of carbonyl (C=O) groups is 1. The number of carbonyl (C=O) groups excluding carboxylic acids is 1. The van der Waals surface area contributed by atoms with Crippen LogP contribution in [0.25, 0.3) is 0 Å². The molecule has 0 spiro atoms. The number of anilines is 1. The lowest BCUT2D eigenvalue weighted by atomic mass is 10.1. The van der Waals surface area contributed by atoms with Crippen LogP contribution < -0.4 is 5.32 Å². The summed E-state index contributed by atoms with van der Waals surface area (Å²) in [6.45, 7) is 5.85. The molecule has 0 aliphatic heterocycles. The predicted octanol–water partition coefficient (Wildman–Crippen LogP) is 3.05. The fourth-order valence-corrected chi connectivity index (χ4v) is 2.12. The molecule has 0 unspecified atom stereocenters. The Hall–Kier alpha value is -2.43. The molecule has 21 heavy (non-hydrogen) atoms. The van der Waals surface area contributed by atoms with Crippen LogP contribution in [0.4, 0.5) is 5.82 Å². The Kier molecular flexibility index (Phi) is 4.52. The van der Waals surface area contributed by atoms with Gasteiger partial charge in [-0.25, -0.2) is 14.8 Å². The quantitative estimate of drug-likeness (QED) is 0.875. The Bertz CT molecular complexity index is 618. The van der Waals surface area contributed by atoms with Crippen molar-refractivity contribution in [2.45, 2.75) is 26.8 Å². The van der Waals surface area contributed by atoms with Crippen LogP contribution in [0.15, 0.2) is 30.3 Å². The first-order valence-electron chi connectivity index (χ1n) is 6.76. The zero-order valence-corrected chi connectivity index (χ0v) is 12.7. The number of hydrogen-bond acceptors (Lipinski definition) is 5. The smallest absolute Gasteiger partial charge is 0.337 e. The van der Waals surface area contributed by atoms with Crippen LogP contribution in [0.5, 0.6) is 0 Å². The van der Waals surface area contributed by atoms with Gasteiger partial charge in [-0.1, -0.05) is 12.1 Å². The number of methoxy groups -OCH3 is 1. The lowest BCUT2D eigenvalue weighted by molar-refractivity contribution is 0.0600. The van der Waals surface area contributed by atoms with E-state index in [9.17, 15) is 4.79 Å². The molecule has 1 aromatic carbocycles. The van der Waals surface area contributed by atoms with Crippen molar-refractivity contribution in [3.8, 4) is 0 Å². The van der Waals surface area contributed by atoms with Crippen LogP contribution in [0, 0.1) is 13.8 Å². The third kappa shape index (κ3) is 3.78. The maximum absolute atomic E-state index is 11.4. The van der Waals surface area contributed by atoms with E-state index in [0.29, 0.717) is 5.56 Å². The minimum absolute atomic E-state index is 0.0744. The molecule has 1 heterocycles. The van der Waals surface area contributed by atoms with E-state index in [1.807, 2.05) is 39.0 Å². The first kappa shape index (κ1) is 15.0. The fraction of sp³-hybridized carbons (Fsp3) is 0.312. The summed E-state index contributed by atoms with van der Waals surface area (Å²) in [5, 5.41) is 3.34. The van der Waals surface area contributed by atoms with Gasteiger partial charge in [-0.15, -0.1) is 0 Å². The summed E-state index contributed by atoms with van der Waals surface area (Å²) in [4.78, 5) is 20.0. The van der Waals surface area contributed by atoms with Gasteiger partial charge in [0.25, 0.3) is 0 Å². The Labute approximate surface area is 124 Å². The highest BCUT2D eigenvalue weighted by Gasteiger charge is 2.09. The molecule has 5 nitrogen and oxygen atoms in total. The Balaban J connectivity index is 2.12. The summed E-state index contributed by atoms with van der Waals surface area (Å²) in [7, 11) is 1.38. The highest BCUT2D eigenvalue weighted by atomic mass is 16.5. The van der Waals surface area contributed by atoms with Crippen LogP contribution in [0.1, 0.15) is 40.4 Å². The number of aryl methyl sites for hydroxylation is 2. The summed E-state index contributed by atoms with van der Waals surface area (Å²) in [6, 6.07) is 9.32. The molecule has 1 N–H and O–H groups in total. The normalized spacial score (nSPS) is 11.8. The van der Waals surface area contributed by atoms with E-state index in [4.69, 9.17) is 0 Å². The average molecular weight is 285 g/mol. The number of hydrogen-bond donors (Lipinski definition) is 1. The highest BCUT2D eigenvalue weighted by Crippen LogP contribution is 2.19. The second-order valence-corrected chi connectivity index (χ2v) is 4.92. The van der Waals surface area contributed by atoms with Gasteiger partial charge in [-0.05, 0) is 38.5 Å². The Morgan fingerprint density at radius 2 is 1.86 bits per heavy atom. The summed E-state index contributed by atoms with van der Waals surface area (Å²) in [5.41, 5.74) is 2.54. The molecule has 0 saturated heterocycles. The van der Waals surface area contributed by atoms with Crippen molar-refractivity contribution in [1.29, 1.82) is 0 Å². The van der Waals surface area contributed by atoms with E-state index < -0.39 is 0 Å². The molecule has 0 bridgehead atoms. The van der Waals surface area contributed by atoms with Gasteiger partial charge in [0.15, 0.2) is 0 Å². The van der Waals surface area contributed by atoms with Crippen molar-refractivity contribution >= 4 is 11.8 Å². The summed E-state index contributed by atoms with van der Waals surface area (Å²) < 4.78 is 4.69. The highest BCUT2D eigenvalue weighted by molar-refractivity contribution is 5.89. The third-order valence-corrected chi connectivity index (χ3v) is 3.16. The van der Waals surface area contributed by atoms with E-state index in [-0.39, 0.29) is 12.0 Å².